The monoisotopic (exact) mass is 293 g/mol. The van der Waals surface area contributed by atoms with Crippen molar-refractivity contribution in [1.82, 2.24) is 4.98 Å². The molecule has 4 nitrogen and oxygen atoms in total. The largest absolute Gasteiger partial charge is 0.497 e. The second-order valence-electron chi connectivity index (χ2n) is 5.35. The molecule has 22 heavy (non-hydrogen) atoms. The van der Waals surface area contributed by atoms with Crippen molar-refractivity contribution in [3.05, 3.63) is 47.8 Å². The number of aryl methyl sites for hydroxylation is 2. The zero-order chi connectivity index (χ0) is 15.3. The van der Waals surface area contributed by atoms with Crippen molar-refractivity contribution in [2.75, 3.05) is 7.11 Å². The van der Waals surface area contributed by atoms with Crippen molar-refractivity contribution in [3.8, 4) is 28.7 Å². The minimum absolute atomic E-state index is 0.664. The van der Waals surface area contributed by atoms with Crippen LogP contribution in [0, 0.1) is 13.8 Å². The summed E-state index contributed by atoms with van der Waals surface area (Å²) in [5.41, 5.74) is 2.08. The van der Waals surface area contributed by atoms with Crippen molar-refractivity contribution < 1.29 is 14.2 Å². The summed E-state index contributed by atoms with van der Waals surface area (Å²) >= 11 is 0. The maximum Gasteiger partial charge on any atom is 0.174 e. The highest BCUT2D eigenvalue weighted by Gasteiger charge is 2.25. The van der Waals surface area contributed by atoms with E-state index < -0.39 is 0 Å². The third kappa shape index (κ3) is 1.73. The van der Waals surface area contributed by atoms with Crippen LogP contribution in [0.1, 0.15) is 11.1 Å². The van der Waals surface area contributed by atoms with E-state index in [1.807, 2.05) is 44.3 Å². The van der Waals surface area contributed by atoms with Crippen molar-refractivity contribution in [2.45, 2.75) is 13.8 Å². The molecule has 0 amide bonds. The Bertz CT molecular complexity index is 902. The van der Waals surface area contributed by atoms with Crippen LogP contribution in [-0.4, -0.2) is 12.1 Å². The summed E-state index contributed by atoms with van der Waals surface area (Å²) in [6.07, 6.45) is 3.66. The Morgan fingerprint density at radius 1 is 0.909 bits per heavy atom. The number of aromatic nitrogens is 1. The average Bonchev–Trinajstić information content (AvgIpc) is 2.58. The van der Waals surface area contributed by atoms with E-state index in [0.29, 0.717) is 11.5 Å². The first kappa shape index (κ1) is 13.0. The van der Waals surface area contributed by atoms with E-state index in [9.17, 15) is 0 Å². The standard InChI is InChI=1S/C18H15NO3/c1-10-13-6-7-19-9-14(13)11(2)18-17(10)21-15-5-4-12(20-3)8-16(15)22-18/h4-9H,1-3H3. The topological polar surface area (TPSA) is 40.6 Å². The van der Waals surface area contributed by atoms with Gasteiger partial charge in [0.15, 0.2) is 23.0 Å². The number of hydrogen-bond acceptors (Lipinski definition) is 4. The number of rotatable bonds is 1. The lowest BCUT2D eigenvalue weighted by Gasteiger charge is -2.25. The Morgan fingerprint density at radius 2 is 1.64 bits per heavy atom. The van der Waals surface area contributed by atoms with Crippen molar-refractivity contribution >= 4 is 10.8 Å². The molecule has 1 aliphatic heterocycles. The van der Waals surface area contributed by atoms with Gasteiger partial charge in [0.05, 0.1) is 7.11 Å². The Kier molecular flexibility index (Phi) is 2.73. The number of pyridine rings is 1. The first-order chi connectivity index (χ1) is 10.7. The quantitative estimate of drug-likeness (QED) is 0.507. The van der Waals surface area contributed by atoms with Gasteiger partial charge in [0, 0.05) is 35.0 Å². The van der Waals surface area contributed by atoms with E-state index in [-0.39, 0.29) is 0 Å². The van der Waals surface area contributed by atoms with Gasteiger partial charge in [0.2, 0.25) is 0 Å². The fourth-order valence-corrected chi connectivity index (χ4v) is 2.85. The van der Waals surface area contributed by atoms with E-state index in [4.69, 9.17) is 14.2 Å². The molecule has 2 heterocycles. The molecule has 0 atom stereocenters. The number of ether oxygens (including phenoxy) is 3. The predicted octanol–water partition coefficient (Wildman–Crippen LogP) is 4.76. The van der Waals surface area contributed by atoms with Crippen LogP contribution < -0.4 is 14.2 Å². The minimum Gasteiger partial charge on any atom is -0.497 e. The number of benzene rings is 2. The molecule has 4 heteroatoms. The van der Waals surface area contributed by atoms with E-state index in [1.54, 1.807) is 13.3 Å². The summed E-state index contributed by atoms with van der Waals surface area (Å²) in [5.74, 6) is 3.62. The lowest BCUT2D eigenvalue weighted by atomic mass is 10.00. The number of methoxy groups -OCH3 is 1. The van der Waals surface area contributed by atoms with Crippen LogP contribution in [0.4, 0.5) is 0 Å². The molecule has 4 rings (SSSR count). The summed E-state index contributed by atoms with van der Waals surface area (Å²) in [6, 6.07) is 7.56. The Hall–Kier alpha value is -2.75. The molecule has 0 spiro atoms. The van der Waals surface area contributed by atoms with Crippen molar-refractivity contribution in [2.24, 2.45) is 0 Å². The van der Waals surface area contributed by atoms with E-state index in [2.05, 4.69) is 4.98 Å². The van der Waals surface area contributed by atoms with Crippen LogP contribution in [0.2, 0.25) is 0 Å². The zero-order valence-electron chi connectivity index (χ0n) is 12.6. The van der Waals surface area contributed by atoms with Gasteiger partial charge in [-0.3, -0.25) is 4.98 Å². The number of nitrogens with zero attached hydrogens (tertiary/aromatic N) is 1. The fraction of sp³-hybridized carbons (Fsp3) is 0.167. The predicted molar refractivity (Wildman–Crippen MR) is 84.4 cm³/mol. The average molecular weight is 293 g/mol. The molecule has 0 bridgehead atoms. The van der Waals surface area contributed by atoms with Gasteiger partial charge in [-0.25, -0.2) is 0 Å². The Labute approximate surface area is 128 Å². The SMILES string of the molecule is COc1ccc2c(c1)Oc1c(c(C)c3ccncc3c1C)O2. The van der Waals surface area contributed by atoms with Gasteiger partial charge in [-0.15, -0.1) is 0 Å². The molecular weight excluding hydrogens is 278 g/mol. The molecule has 1 aromatic heterocycles. The molecule has 0 radical (unpaired) electrons. The van der Waals surface area contributed by atoms with Gasteiger partial charge < -0.3 is 14.2 Å². The molecule has 0 saturated heterocycles. The molecule has 1 aliphatic rings. The van der Waals surface area contributed by atoms with Crippen molar-refractivity contribution in [3.63, 3.8) is 0 Å². The number of fused-ring (bicyclic) bond motifs is 3. The van der Waals surface area contributed by atoms with Crippen LogP contribution >= 0.6 is 0 Å². The van der Waals surface area contributed by atoms with E-state index >= 15 is 0 Å². The maximum absolute atomic E-state index is 6.11. The third-order valence-electron chi connectivity index (χ3n) is 4.09. The Balaban J connectivity index is 1.96. The van der Waals surface area contributed by atoms with Crippen LogP contribution in [0.5, 0.6) is 28.7 Å². The van der Waals surface area contributed by atoms with Gasteiger partial charge in [-0.05, 0) is 37.4 Å². The molecule has 0 N–H and O–H groups in total. The van der Waals surface area contributed by atoms with Gasteiger partial charge in [-0.2, -0.15) is 0 Å². The summed E-state index contributed by atoms with van der Waals surface area (Å²) in [5, 5.41) is 2.21. The first-order valence-corrected chi connectivity index (χ1v) is 7.09. The molecule has 0 fully saturated rings. The molecular formula is C18H15NO3. The Morgan fingerprint density at radius 3 is 2.41 bits per heavy atom. The highest BCUT2D eigenvalue weighted by molar-refractivity contribution is 5.93. The molecule has 110 valence electrons. The minimum atomic E-state index is 0.664. The van der Waals surface area contributed by atoms with Crippen LogP contribution in [0.25, 0.3) is 10.8 Å². The van der Waals surface area contributed by atoms with Gasteiger partial charge in [0.25, 0.3) is 0 Å². The lowest BCUT2D eigenvalue weighted by Crippen LogP contribution is -2.03. The zero-order valence-corrected chi connectivity index (χ0v) is 12.6. The smallest absolute Gasteiger partial charge is 0.174 e. The molecule has 0 aliphatic carbocycles. The van der Waals surface area contributed by atoms with Gasteiger partial charge in [-0.1, -0.05) is 0 Å². The fourth-order valence-electron chi connectivity index (χ4n) is 2.85. The van der Waals surface area contributed by atoms with Crippen molar-refractivity contribution in [1.29, 1.82) is 0 Å². The summed E-state index contributed by atoms with van der Waals surface area (Å²) in [4.78, 5) is 4.22. The normalized spacial score (nSPS) is 12.1. The van der Waals surface area contributed by atoms with E-state index in [0.717, 1.165) is 39.1 Å². The first-order valence-electron chi connectivity index (χ1n) is 7.09. The van der Waals surface area contributed by atoms with Crippen LogP contribution in [-0.2, 0) is 0 Å². The third-order valence-corrected chi connectivity index (χ3v) is 4.09. The van der Waals surface area contributed by atoms with Gasteiger partial charge in [0.1, 0.15) is 5.75 Å². The molecule has 0 saturated carbocycles. The second-order valence-corrected chi connectivity index (χ2v) is 5.35. The van der Waals surface area contributed by atoms with Crippen LogP contribution in [0.3, 0.4) is 0 Å². The van der Waals surface area contributed by atoms with E-state index in [1.165, 1.54) is 0 Å². The number of hydrogen-bond donors (Lipinski definition) is 0. The van der Waals surface area contributed by atoms with Gasteiger partial charge >= 0.3 is 0 Å². The lowest BCUT2D eigenvalue weighted by molar-refractivity contribution is 0.350. The summed E-state index contributed by atoms with van der Waals surface area (Å²) < 4.78 is 17.4. The highest BCUT2D eigenvalue weighted by Crippen LogP contribution is 2.51. The molecule has 3 aromatic rings. The summed E-state index contributed by atoms with van der Waals surface area (Å²) in [7, 11) is 1.63. The summed E-state index contributed by atoms with van der Waals surface area (Å²) in [6.45, 7) is 4.06. The second kappa shape index (κ2) is 4.63. The molecule has 2 aromatic carbocycles. The van der Waals surface area contributed by atoms with Crippen LogP contribution in [0.15, 0.2) is 36.7 Å². The molecule has 0 unspecified atom stereocenters. The maximum atomic E-state index is 6.11. The highest BCUT2D eigenvalue weighted by atomic mass is 16.6.